The standard InChI is InChI=1S/C18H18N2O9/c1-3-11-12(7-10(19(25)26)8-13(11)20(27)28)17(23)16-14(21)5-9(6-15(16)22)18(24)29-4-2/h7-9,16H,3-6H2,1-2H3. The highest BCUT2D eigenvalue weighted by Gasteiger charge is 2.44. The minimum atomic E-state index is -1.76. The summed E-state index contributed by atoms with van der Waals surface area (Å²) in [6.07, 6.45) is -0.797. The number of carbonyl (C=O) groups excluding carboxylic acids is 4. The maximum atomic E-state index is 12.9. The molecule has 0 bridgehead atoms. The number of nitro benzene ring substituents is 2. The zero-order chi connectivity index (χ0) is 21.9. The van der Waals surface area contributed by atoms with E-state index in [0.29, 0.717) is 0 Å². The van der Waals surface area contributed by atoms with E-state index in [9.17, 15) is 39.4 Å². The Bertz CT molecular complexity index is 904. The smallest absolute Gasteiger partial charge is 0.309 e. The fourth-order valence-corrected chi connectivity index (χ4v) is 3.35. The van der Waals surface area contributed by atoms with Crippen molar-refractivity contribution in [3.63, 3.8) is 0 Å². The Morgan fingerprint density at radius 3 is 2.10 bits per heavy atom. The van der Waals surface area contributed by atoms with Gasteiger partial charge in [0.15, 0.2) is 17.3 Å². The monoisotopic (exact) mass is 406 g/mol. The van der Waals surface area contributed by atoms with Crippen LogP contribution in [0.15, 0.2) is 12.1 Å². The van der Waals surface area contributed by atoms with Crippen LogP contribution < -0.4 is 0 Å². The Morgan fingerprint density at radius 1 is 1.07 bits per heavy atom. The molecule has 0 aliphatic heterocycles. The minimum absolute atomic E-state index is 0.0179. The molecule has 0 heterocycles. The molecule has 0 atom stereocenters. The lowest BCUT2D eigenvalue weighted by Gasteiger charge is -2.24. The van der Waals surface area contributed by atoms with Crippen molar-refractivity contribution in [2.75, 3.05) is 6.61 Å². The number of ketones is 3. The van der Waals surface area contributed by atoms with Crippen molar-refractivity contribution < 1.29 is 33.8 Å². The van der Waals surface area contributed by atoms with Crippen molar-refractivity contribution >= 4 is 34.7 Å². The number of hydrogen-bond donors (Lipinski definition) is 0. The summed E-state index contributed by atoms with van der Waals surface area (Å²) in [5.41, 5.74) is -1.84. The topological polar surface area (TPSA) is 164 Å². The van der Waals surface area contributed by atoms with E-state index < -0.39 is 61.9 Å². The molecule has 1 aliphatic rings. The van der Waals surface area contributed by atoms with Gasteiger partial charge in [0.05, 0.1) is 28.4 Å². The molecule has 1 aromatic rings. The van der Waals surface area contributed by atoms with E-state index in [2.05, 4.69) is 0 Å². The van der Waals surface area contributed by atoms with Crippen molar-refractivity contribution in [3.8, 4) is 0 Å². The maximum absolute atomic E-state index is 12.9. The maximum Gasteiger partial charge on any atom is 0.309 e. The van der Waals surface area contributed by atoms with Gasteiger partial charge in [0.2, 0.25) is 0 Å². The molecule has 0 saturated heterocycles. The van der Waals surface area contributed by atoms with Crippen LogP contribution in [0, 0.1) is 32.1 Å². The summed E-state index contributed by atoms with van der Waals surface area (Å²) in [4.78, 5) is 70.3. The van der Waals surface area contributed by atoms with Crippen molar-refractivity contribution in [1.29, 1.82) is 0 Å². The number of carbonyl (C=O) groups is 4. The normalized spacial score (nSPS) is 19.0. The van der Waals surface area contributed by atoms with Gasteiger partial charge < -0.3 is 4.74 Å². The fourth-order valence-electron chi connectivity index (χ4n) is 3.35. The zero-order valence-electron chi connectivity index (χ0n) is 15.7. The highest BCUT2D eigenvalue weighted by molar-refractivity contribution is 6.26. The van der Waals surface area contributed by atoms with Crippen LogP contribution in [0.3, 0.4) is 0 Å². The van der Waals surface area contributed by atoms with E-state index in [4.69, 9.17) is 4.74 Å². The number of nitrogens with zero attached hydrogens (tertiary/aromatic N) is 2. The number of benzene rings is 1. The van der Waals surface area contributed by atoms with E-state index in [1.54, 1.807) is 6.92 Å². The summed E-state index contributed by atoms with van der Waals surface area (Å²) in [5.74, 6) is -6.15. The van der Waals surface area contributed by atoms with Crippen LogP contribution in [0.4, 0.5) is 11.4 Å². The lowest BCUT2D eigenvalue weighted by molar-refractivity contribution is -0.394. The Kier molecular flexibility index (Phi) is 6.52. The molecule has 1 fully saturated rings. The van der Waals surface area contributed by atoms with E-state index in [0.717, 1.165) is 12.1 Å². The molecule has 11 nitrogen and oxygen atoms in total. The second kappa shape index (κ2) is 8.67. The summed E-state index contributed by atoms with van der Waals surface area (Å²) in [7, 11) is 0. The van der Waals surface area contributed by atoms with E-state index in [1.807, 2.05) is 0 Å². The third kappa shape index (κ3) is 4.33. The van der Waals surface area contributed by atoms with Crippen molar-refractivity contribution in [3.05, 3.63) is 43.5 Å². The molecule has 0 N–H and O–H groups in total. The minimum Gasteiger partial charge on any atom is -0.466 e. The molecule has 1 aliphatic carbocycles. The lowest BCUT2D eigenvalue weighted by Crippen LogP contribution is -2.41. The summed E-state index contributed by atoms with van der Waals surface area (Å²) >= 11 is 0. The van der Waals surface area contributed by atoms with Crippen LogP contribution >= 0.6 is 0 Å². The Balaban J connectivity index is 2.47. The fraction of sp³-hybridized carbons (Fsp3) is 0.444. The highest BCUT2D eigenvalue weighted by Crippen LogP contribution is 2.33. The largest absolute Gasteiger partial charge is 0.466 e. The molecule has 0 aromatic heterocycles. The number of rotatable bonds is 7. The van der Waals surface area contributed by atoms with Crippen molar-refractivity contribution in [2.24, 2.45) is 11.8 Å². The molecule has 1 aromatic carbocycles. The van der Waals surface area contributed by atoms with Gasteiger partial charge in [-0.05, 0) is 13.3 Å². The second-order valence-electron chi connectivity index (χ2n) is 6.45. The van der Waals surface area contributed by atoms with Gasteiger partial charge in [-0.15, -0.1) is 0 Å². The first-order valence-electron chi connectivity index (χ1n) is 8.84. The Hall–Kier alpha value is -3.50. The van der Waals surface area contributed by atoms with Gasteiger partial charge in [0, 0.05) is 30.0 Å². The van der Waals surface area contributed by atoms with Gasteiger partial charge in [0.25, 0.3) is 11.4 Å². The molecule has 0 unspecified atom stereocenters. The van der Waals surface area contributed by atoms with Gasteiger partial charge in [0.1, 0.15) is 5.92 Å². The van der Waals surface area contributed by atoms with Crippen molar-refractivity contribution in [1.82, 2.24) is 0 Å². The third-order valence-corrected chi connectivity index (χ3v) is 4.66. The molecule has 11 heteroatoms. The SMILES string of the molecule is CCOC(=O)C1CC(=O)C(C(=O)c2cc([N+](=O)[O-])cc([N+](=O)[O-])c2CC)C(=O)C1. The average Bonchev–Trinajstić information content (AvgIpc) is 2.65. The predicted octanol–water partition coefficient (Wildman–Crippen LogP) is 1.98. The van der Waals surface area contributed by atoms with Crippen LogP contribution in [-0.4, -0.2) is 39.8 Å². The molecule has 154 valence electrons. The number of ether oxygens (including phenoxy) is 1. The summed E-state index contributed by atoms with van der Waals surface area (Å²) in [5, 5.41) is 22.4. The summed E-state index contributed by atoms with van der Waals surface area (Å²) in [6.45, 7) is 3.14. The van der Waals surface area contributed by atoms with Crippen LogP contribution in [0.2, 0.25) is 0 Å². The second-order valence-corrected chi connectivity index (χ2v) is 6.45. The number of Topliss-reactive ketones (excluding diaryl/α,β-unsaturated/α-hetero) is 3. The van der Waals surface area contributed by atoms with E-state index in [-0.39, 0.29) is 31.4 Å². The highest BCUT2D eigenvalue weighted by atomic mass is 16.6. The van der Waals surface area contributed by atoms with Crippen LogP contribution in [0.25, 0.3) is 0 Å². The molecular weight excluding hydrogens is 388 g/mol. The predicted molar refractivity (Wildman–Crippen MR) is 96.3 cm³/mol. The molecule has 0 amide bonds. The number of nitro groups is 2. The first kappa shape index (κ1) is 21.8. The van der Waals surface area contributed by atoms with E-state index in [1.165, 1.54) is 6.92 Å². The lowest BCUT2D eigenvalue weighted by atomic mass is 9.76. The number of non-ortho nitro benzene ring substituents is 1. The van der Waals surface area contributed by atoms with Gasteiger partial charge >= 0.3 is 5.97 Å². The summed E-state index contributed by atoms with van der Waals surface area (Å²) < 4.78 is 4.80. The quantitative estimate of drug-likeness (QED) is 0.216. The first-order chi connectivity index (χ1) is 13.6. The Labute approximate surface area is 164 Å². The Morgan fingerprint density at radius 2 is 1.66 bits per heavy atom. The molecule has 0 radical (unpaired) electrons. The summed E-state index contributed by atoms with van der Waals surface area (Å²) in [6, 6.07) is 1.57. The third-order valence-electron chi connectivity index (χ3n) is 4.66. The molecular formula is C18H18N2O9. The number of hydrogen-bond acceptors (Lipinski definition) is 9. The van der Waals surface area contributed by atoms with Crippen LogP contribution in [0.1, 0.15) is 42.6 Å². The first-order valence-corrected chi connectivity index (χ1v) is 8.84. The van der Waals surface area contributed by atoms with Gasteiger partial charge in [-0.1, -0.05) is 6.92 Å². The molecule has 1 saturated carbocycles. The number of esters is 1. The zero-order valence-corrected chi connectivity index (χ0v) is 15.7. The molecule has 0 spiro atoms. The van der Waals surface area contributed by atoms with Crippen LogP contribution in [0.5, 0.6) is 0 Å². The van der Waals surface area contributed by atoms with Crippen LogP contribution in [-0.2, 0) is 25.5 Å². The van der Waals surface area contributed by atoms with Crippen molar-refractivity contribution in [2.45, 2.75) is 33.1 Å². The van der Waals surface area contributed by atoms with E-state index >= 15 is 0 Å². The van der Waals surface area contributed by atoms with Gasteiger partial charge in [-0.25, -0.2) is 0 Å². The average molecular weight is 406 g/mol. The molecule has 2 rings (SSSR count). The van der Waals surface area contributed by atoms with Gasteiger partial charge in [-0.3, -0.25) is 39.4 Å². The van der Waals surface area contributed by atoms with Gasteiger partial charge in [-0.2, -0.15) is 0 Å². The molecule has 29 heavy (non-hydrogen) atoms.